The molecule has 0 aliphatic carbocycles. The van der Waals surface area contributed by atoms with Gasteiger partial charge in [0.2, 0.25) is 0 Å². The molecule has 0 fully saturated rings. The molecule has 6 heteroatoms. The molecule has 0 unspecified atom stereocenters. The Morgan fingerprint density at radius 2 is 2.05 bits per heavy atom. The molecule has 22 heavy (non-hydrogen) atoms. The van der Waals surface area contributed by atoms with Gasteiger partial charge in [-0.15, -0.1) is 0 Å². The fourth-order valence-corrected chi connectivity index (χ4v) is 2.56. The molecule has 6 nitrogen and oxygen atoms in total. The van der Waals surface area contributed by atoms with E-state index >= 15 is 0 Å². The first-order valence-corrected chi connectivity index (χ1v) is 6.92. The summed E-state index contributed by atoms with van der Waals surface area (Å²) in [6.07, 6.45) is 3.34. The maximum atomic E-state index is 11.1. The number of carboxylic acids is 1. The molecule has 2 aromatic heterocycles. The van der Waals surface area contributed by atoms with Gasteiger partial charge in [-0.3, -0.25) is 15.0 Å². The summed E-state index contributed by atoms with van der Waals surface area (Å²) in [7, 11) is 1.95. The van der Waals surface area contributed by atoms with Crippen LogP contribution < -0.4 is 0 Å². The van der Waals surface area contributed by atoms with E-state index in [4.69, 9.17) is 5.11 Å². The van der Waals surface area contributed by atoms with E-state index in [1.807, 2.05) is 31.3 Å². The largest absolute Gasteiger partial charge is 0.477 e. The molecule has 0 saturated carbocycles. The Hall–Kier alpha value is -2.73. The van der Waals surface area contributed by atoms with E-state index in [0.29, 0.717) is 18.7 Å². The first-order chi connectivity index (χ1) is 10.6. The number of aromatic nitrogens is 3. The van der Waals surface area contributed by atoms with Crippen molar-refractivity contribution in [3.63, 3.8) is 0 Å². The normalized spacial score (nSPS) is 11.2. The molecular weight excluding hydrogens is 280 g/mol. The van der Waals surface area contributed by atoms with E-state index in [0.717, 1.165) is 16.5 Å². The number of nitrogens with zero attached hydrogens (tertiary/aromatic N) is 3. The maximum absolute atomic E-state index is 11.1. The van der Waals surface area contributed by atoms with E-state index < -0.39 is 5.97 Å². The average Bonchev–Trinajstić information content (AvgIpc) is 2.96. The Morgan fingerprint density at radius 1 is 1.23 bits per heavy atom. The molecule has 0 radical (unpaired) electrons. The lowest BCUT2D eigenvalue weighted by Crippen LogP contribution is -2.18. The molecule has 2 heterocycles. The summed E-state index contributed by atoms with van der Waals surface area (Å²) in [5.74, 6) is -0.990. The lowest BCUT2D eigenvalue weighted by molar-refractivity contribution is 0.0688. The van der Waals surface area contributed by atoms with Crippen LogP contribution in [0.4, 0.5) is 0 Å². The van der Waals surface area contributed by atoms with Gasteiger partial charge in [0.05, 0.1) is 11.7 Å². The number of hydrogen-bond acceptors (Lipinski definition) is 4. The van der Waals surface area contributed by atoms with Crippen molar-refractivity contribution in [1.82, 2.24) is 20.1 Å². The van der Waals surface area contributed by atoms with Crippen LogP contribution in [0.1, 0.15) is 21.6 Å². The quantitative estimate of drug-likeness (QED) is 0.755. The Labute approximate surface area is 127 Å². The van der Waals surface area contributed by atoms with Crippen molar-refractivity contribution in [2.45, 2.75) is 13.1 Å². The van der Waals surface area contributed by atoms with Crippen LogP contribution in [0, 0.1) is 0 Å². The molecule has 0 atom stereocenters. The number of carbonyl (C=O) groups is 1. The fourth-order valence-electron chi connectivity index (χ4n) is 2.56. The van der Waals surface area contributed by atoms with Crippen molar-refractivity contribution in [2.24, 2.45) is 0 Å². The molecule has 0 spiro atoms. The van der Waals surface area contributed by atoms with Gasteiger partial charge in [0.1, 0.15) is 5.69 Å². The van der Waals surface area contributed by atoms with Crippen molar-refractivity contribution >= 4 is 16.9 Å². The van der Waals surface area contributed by atoms with E-state index in [1.165, 1.54) is 0 Å². The zero-order chi connectivity index (χ0) is 15.5. The average molecular weight is 296 g/mol. The molecule has 0 aliphatic rings. The minimum Gasteiger partial charge on any atom is -0.477 e. The molecule has 0 amide bonds. The van der Waals surface area contributed by atoms with Crippen LogP contribution >= 0.6 is 0 Å². The highest BCUT2D eigenvalue weighted by molar-refractivity contribution is 5.86. The number of aromatic amines is 1. The van der Waals surface area contributed by atoms with Gasteiger partial charge < -0.3 is 5.11 Å². The smallest absolute Gasteiger partial charge is 0.354 e. The fraction of sp³-hybridized carbons (Fsp3) is 0.188. The lowest BCUT2D eigenvalue weighted by Gasteiger charge is -2.17. The number of rotatable bonds is 5. The standard InChI is InChI=1S/C16H16N4O2/c1-20(10-12-8-18-19-15(12)16(21)22)9-11-4-2-6-14-13(11)5-3-7-17-14/h2-8H,9-10H2,1H3,(H,18,19)(H,21,22). The highest BCUT2D eigenvalue weighted by Gasteiger charge is 2.14. The van der Waals surface area contributed by atoms with Gasteiger partial charge in [0.25, 0.3) is 0 Å². The monoisotopic (exact) mass is 296 g/mol. The first-order valence-electron chi connectivity index (χ1n) is 6.92. The third kappa shape index (κ3) is 2.82. The summed E-state index contributed by atoms with van der Waals surface area (Å²) in [4.78, 5) is 17.5. The minimum atomic E-state index is -0.990. The van der Waals surface area contributed by atoms with Gasteiger partial charge in [-0.2, -0.15) is 5.10 Å². The molecule has 112 valence electrons. The lowest BCUT2D eigenvalue weighted by atomic mass is 10.1. The number of fused-ring (bicyclic) bond motifs is 1. The number of hydrogen-bond donors (Lipinski definition) is 2. The number of aromatic carboxylic acids is 1. The number of carboxylic acid groups (broad SMARTS) is 1. The molecule has 0 aliphatic heterocycles. The highest BCUT2D eigenvalue weighted by Crippen LogP contribution is 2.19. The van der Waals surface area contributed by atoms with Crippen LogP contribution in [-0.2, 0) is 13.1 Å². The zero-order valence-corrected chi connectivity index (χ0v) is 12.2. The number of nitrogens with one attached hydrogen (secondary N) is 1. The van der Waals surface area contributed by atoms with E-state index in [2.05, 4.69) is 26.1 Å². The zero-order valence-electron chi connectivity index (χ0n) is 12.2. The van der Waals surface area contributed by atoms with Crippen LogP contribution in [0.3, 0.4) is 0 Å². The Balaban J connectivity index is 1.80. The highest BCUT2D eigenvalue weighted by atomic mass is 16.4. The van der Waals surface area contributed by atoms with Crippen LogP contribution in [0.5, 0.6) is 0 Å². The second-order valence-corrected chi connectivity index (χ2v) is 5.23. The SMILES string of the molecule is CN(Cc1cn[nH]c1C(=O)O)Cc1cccc2ncccc12. The van der Waals surface area contributed by atoms with Crippen molar-refractivity contribution in [3.8, 4) is 0 Å². The van der Waals surface area contributed by atoms with Gasteiger partial charge in [-0.25, -0.2) is 4.79 Å². The van der Waals surface area contributed by atoms with E-state index in [9.17, 15) is 4.79 Å². The van der Waals surface area contributed by atoms with Gasteiger partial charge >= 0.3 is 5.97 Å². The summed E-state index contributed by atoms with van der Waals surface area (Å²) in [5, 5.41) is 16.5. The van der Waals surface area contributed by atoms with Crippen LogP contribution in [0.25, 0.3) is 10.9 Å². The van der Waals surface area contributed by atoms with Gasteiger partial charge in [-0.05, 0) is 24.7 Å². The first kappa shape index (κ1) is 14.2. The third-order valence-corrected chi connectivity index (χ3v) is 3.55. The third-order valence-electron chi connectivity index (χ3n) is 3.55. The van der Waals surface area contributed by atoms with E-state index in [1.54, 1.807) is 12.4 Å². The predicted molar refractivity (Wildman–Crippen MR) is 82.5 cm³/mol. The molecule has 0 saturated heterocycles. The van der Waals surface area contributed by atoms with Gasteiger partial charge in [0, 0.05) is 30.2 Å². The van der Waals surface area contributed by atoms with E-state index in [-0.39, 0.29) is 5.69 Å². The van der Waals surface area contributed by atoms with Crippen molar-refractivity contribution in [1.29, 1.82) is 0 Å². The Bertz CT molecular complexity index is 807. The second kappa shape index (κ2) is 5.95. The molecule has 0 bridgehead atoms. The van der Waals surface area contributed by atoms with Gasteiger partial charge in [0.15, 0.2) is 0 Å². The van der Waals surface area contributed by atoms with Crippen LogP contribution in [0.15, 0.2) is 42.7 Å². The summed E-state index contributed by atoms with van der Waals surface area (Å²) in [6, 6.07) is 10.0. The van der Waals surface area contributed by atoms with Crippen molar-refractivity contribution in [3.05, 3.63) is 59.5 Å². The minimum absolute atomic E-state index is 0.145. The van der Waals surface area contributed by atoms with Crippen LogP contribution in [-0.4, -0.2) is 38.2 Å². The van der Waals surface area contributed by atoms with Crippen molar-refractivity contribution in [2.75, 3.05) is 7.05 Å². The summed E-state index contributed by atoms with van der Waals surface area (Å²) >= 11 is 0. The summed E-state index contributed by atoms with van der Waals surface area (Å²) < 4.78 is 0. The number of pyridine rings is 1. The molecule has 3 aromatic rings. The number of H-pyrrole nitrogens is 1. The topological polar surface area (TPSA) is 82.1 Å². The molecule has 2 N–H and O–H groups in total. The predicted octanol–water partition coefficient (Wildman–Crippen LogP) is 2.29. The van der Waals surface area contributed by atoms with Crippen LogP contribution in [0.2, 0.25) is 0 Å². The number of benzene rings is 1. The molecular formula is C16H16N4O2. The van der Waals surface area contributed by atoms with Crippen molar-refractivity contribution < 1.29 is 9.90 Å². The Morgan fingerprint density at radius 3 is 2.86 bits per heavy atom. The Kier molecular flexibility index (Phi) is 3.84. The molecule has 3 rings (SSSR count). The molecule has 1 aromatic carbocycles. The summed E-state index contributed by atoms with van der Waals surface area (Å²) in [6.45, 7) is 1.21. The second-order valence-electron chi connectivity index (χ2n) is 5.23. The summed E-state index contributed by atoms with van der Waals surface area (Å²) in [5.41, 5.74) is 2.94. The maximum Gasteiger partial charge on any atom is 0.354 e. The van der Waals surface area contributed by atoms with Gasteiger partial charge in [-0.1, -0.05) is 18.2 Å².